The topological polar surface area (TPSA) is 149 Å². The molecule has 0 bridgehead atoms. The number of rotatable bonds is 55. The molecule has 9 nitrogen and oxygen atoms in total. The van der Waals surface area contributed by atoms with E-state index >= 15 is 0 Å². The highest BCUT2D eigenvalue weighted by Gasteiger charge is 2.44. The Labute approximate surface area is 468 Å². The third-order valence-electron chi connectivity index (χ3n) is 15.0. The van der Waals surface area contributed by atoms with E-state index in [2.05, 4.69) is 79.9 Å². The van der Waals surface area contributed by atoms with Gasteiger partial charge in [-0.3, -0.25) is 4.79 Å². The second-order valence-electron chi connectivity index (χ2n) is 22.2. The van der Waals surface area contributed by atoms with Crippen LogP contribution in [0.3, 0.4) is 0 Å². The lowest BCUT2D eigenvalue weighted by Gasteiger charge is -2.40. The van der Waals surface area contributed by atoms with Crippen LogP contribution in [0.2, 0.25) is 0 Å². The van der Waals surface area contributed by atoms with Gasteiger partial charge in [0.15, 0.2) is 6.29 Å². The van der Waals surface area contributed by atoms with Crippen molar-refractivity contribution in [2.24, 2.45) is 0 Å². The van der Waals surface area contributed by atoms with Crippen molar-refractivity contribution >= 4 is 5.91 Å². The third kappa shape index (κ3) is 44.5. The summed E-state index contributed by atoms with van der Waals surface area (Å²) in [5.41, 5.74) is 0. The van der Waals surface area contributed by atoms with Crippen LogP contribution in [0, 0.1) is 0 Å². The van der Waals surface area contributed by atoms with Gasteiger partial charge in [0.05, 0.1) is 25.4 Å². The Bertz CT molecular complexity index is 1420. The molecule has 442 valence electrons. The predicted octanol–water partition coefficient (Wildman–Crippen LogP) is 16.8. The number of nitrogens with one attached hydrogen (secondary N) is 1. The highest BCUT2D eigenvalue weighted by Crippen LogP contribution is 2.23. The van der Waals surface area contributed by atoms with Crippen molar-refractivity contribution < 1.29 is 39.8 Å². The largest absolute Gasteiger partial charge is 0.394 e. The van der Waals surface area contributed by atoms with Crippen LogP contribution in [0.5, 0.6) is 0 Å². The molecule has 0 radical (unpaired) electrons. The van der Waals surface area contributed by atoms with Gasteiger partial charge in [0.2, 0.25) is 5.91 Å². The van der Waals surface area contributed by atoms with Crippen molar-refractivity contribution in [1.29, 1.82) is 0 Å². The summed E-state index contributed by atoms with van der Waals surface area (Å²) < 4.78 is 11.3. The number of hydrogen-bond donors (Lipinski definition) is 6. The molecule has 1 rings (SSSR count). The van der Waals surface area contributed by atoms with Gasteiger partial charge in [0.25, 0.3) is 0 Å². The monoisotopic (exact) mass is 1070 g/mol. The zero-order chi connectivity index (χ0) is 55.0. The zero-order valence-electron chi connectivity index (χ0n) is 49.3. The SMILES string of the molecule is CC/C=C\C/C=C\C/C=C\C/C=C\C/C=C\CCCCCCCCCCCCCCCCCCCCCC(=O)NC(COC1OC(CO)C(O)C(O)C1O)C(O)/C=C/CCCCCCCCCCCCCCCCCC. The van der Waals surface area contributed by atoms with E-state index in [9.17, 15) is 30.3 Å². The molecule has 1 aliphatic rings. The minimum absolute atomic E-state index is 0.174. The van der Waals surface area contributed by atoms with E-state index in [0.717, 1.165) is 70.6 Å². The Morgan fingerprint density at radius 2 is 0.816 bits per heavy atom. The minimum Gasteiger partial charge on any atom is -0.394 e. The Balaban J connectivity index is 2.12. The second kappa shape index (κ2) is 55.9. The lowest BCUT2D eigenvalue weighted by molar-refractivity contribution is -0.302. The Hall–Kier alpha value is -2.37. The smallest absolute Gasteiger partial charge is 0.220 e. The number of hydrogen-bond acceptors (Lipinski definition) is 8. The molecule has 0 saturated carbocycles. The first kappa shape index (κ1) is 71.6. The van der Waals surface area contributed by atoms with Gasteiger partial charge in [-0.25, -0.2) is 0 Å². The fourth-order valence-electron chi connectivity index (χ4n) is 10.0. The van der Waals surface area contributed by atoms with Crippen molar-refractivity contribution in [3.8, 4) is 0 Å². The van der Waals surface area contributed by atoms with E-state index in [1.807, 2.05) is 6.08 Å². The highest BCUT2D eigenvalue weighted by atomic mass is 16.7. The normalized spacial score (nSPS) is 19.3. The standard InChI is InChI=1S/C67H121NO8/c1-3-5-7-9-11-13-15-17-19-21-23-24-25-26-27-28-29-30-31-32-33-34-35-36-37-38-39-41-43-45-47-49-51-53-55-57-63(71)68-60(59-75-67-66(74)65(73)64(72)62(58-69)76-67)61(70)56-54-52-50-48-46-44-42-40-22-20-18-16-14-12-10-8-6-4-2/h5,7,11,13,17,19,23-24,26-27,54,56,60-62,64-67,69-70,72-74H,3-4,6,8-10,12,14-16,18,20-22,25,28-53,55,57-59H2,1-2H3,(H,68,71)/b7-5-,13-11-,19-17-,24-23-,27-26-,56-54+. The van der Waals surface area contributed by atoms with Crippen LogP contribution in [0.4, 0.5) is 0 Å². The van der Waals surface area contributed by atoms with Gasteiger partial charge in [-0.05, 0) is 64.2 Å². The predicted molar refractivity (Wildman–Crippen MR) is 322 cm³/mol. The van der Waals surface area contributed by atoms with E-state index in [1.54, 1.807) is 6.08 Å². The molecule has 1 aliphatic heterocycles. The number of aliphatic hydroxyl groups excluding tert-OH is 5. The maximum absolute atomic E-state index is 13.1. The molecule has 7 atom stereocenters. The lowest BCUT2D eigenvalue weighted by atomic mass is 9.99. The van der Waals surface area contributed by atoms with Crippen LogP contribution in [-0.4, -0.2) is 87.5 Å². The van der Waals surface area contributed by atoms with Crippen molar-refractivity contribution in [2.75, 3.05) is 13.2 Å². The number of amides is 1. The number of unbranched alkanes of at least 4 members (excludes halogenated alkanes) is 35. The summed E-state index contributed by atoms with van der Waals surface area (Å²) in [5, 5.41) is 54.6. The molecule has 0 aromatic heterocycles. The average molecular weight is 1070 g/mol. The Morgan fingerprint density at radius 3 is 1.21 bits per heavy atom. The molecule has 9 heteroatoms. The molecular formula is C67H121NO8. The summed E-state index contributed by atoms with van der Waals surface area (Å²) >= 11 is 0. The summed E-state index contributed by atoms with van der Waals surface area (Å²) in [6.45, 7) is 3.69. The molecule has 1 saturated heterocycles. The Morgan fingerprint density at radius 1 is 0.461 bits per heavy atom. The lowest BCUT2D eigenvalue weighted by Crippen LogP contribution is -2.60. The molecule has 1 amide bonds. The molecule has 0 spiro atoms. The number of carbonyl (C=O) groups is 1. The van der Waals surface area contributed by atoms with Crippen molar-refractivity contribution in [2.45, 2.75) is 333 Å². The van der Waals surface area contributed by atoms with Crippen LogP contribution in [0.15, 0.2) is 72.9 Å². The fourth-order valence-corrected chi connectivity index (χ4v) is 10.0. The van der Waals surface area contributed by atoms with E-state index in [-0.39, 0.29) is 12.5 Å². The molecule has 1 heterocycles. The van der Waals surface area contributed by atoms with Crippen LogP contribution in [0.25, 0.3) is 0 Å². The van der Waals surface area contributed by atoms with Crippen molar-refractivity contribution in [1.82, 2.24) is 5.32 Å². The maximum atomic E-state index is 13.1. The molecule has 7 unspecified atom stereocenters. The molecule has 1 fully saturated rings. The van der Waals surface area contributed by atoms with E-state index in [0.29, 0.717) is 6.42 Å². The quantitative estimate of drug-likeness (QED) is 0.0261. The second-order valence-corrected chi connectivity index (χ2v) is 22.2. The average Bonchev–Trinajstić information content (AvgIpc) is 3.42. The van der Waals surface area contributed by atoms with Gasteiger partial charge in [0.1, 0.15) is 24.4 Å². The molecule has 6 N–H and O–H groups in total. The summed E-state index contributed by atoms with van der Waals surface area (Å²) in [6.07, 6.45) is 71.3. The molecule has 0 aliphatic carbocycles. The van der Waals surface area contributed by atoms with Gasteiger partial charge in [-0.1, -0.05) is 292 Å². The van der Waals surface area contributed by atoms with E-state index in [1.165, 1.54) is 199 Å². The zero-order valence-corrected chi connectivity index (χ0v) is 49.3. The molecule has 0 aromatic carbocycles. The molecule has 76 heavy (non-hydrogen) atoms. The molecular weight excluding hydrogens is 947 g/mol. The number of carbonyl (C=O) groups excluding carboxylic acids is 1. The fraction of sp³-hybridized carbons (Fsp3) is 0.806. The first-order valence-corrected chi connectivity index (χ1v) is 32.2. The number of ether oxygens (including phenoxy) is 2. The summed E-state index contributed by atoms with van der Waals surface area (Å²) in [7, 11) is 0. The van der Waals surface area contributed by atoms with Crippen LogP contribution in [0.1, 0.15) is 290 Å². The van der Waals surface area contributed by atoms with Crippen LogP contribution >= 0.6 is 0 Å². The van der Waals surface area contributed by atoms with Gasteiger partial charge >= 0.3 is 0 Å². The maximum Gasteiger partial charge on any atom is 0.220 e. The first-order chi connectivity index (χ1) is 37.3. The van der Waals surface area contributed by atoms with Crippen molar-refractivity contribution in [3.63, 3.8) is 0 Å². The van der Waals surface area contributed by atoms with Gasteiger partial charge < -0.3 is 40.3 Å². The van der Waals surface area contributed by atoms with Gasteiger partial charge in [-0.2, -0.15) is 0 Å². The van der Waals surface area contributed by atoms with Gasteiger partial charge in [-0.15, -0.1) is 0 Å². The number of allylic oxidation sites excluding steroid dienone is 11. The number of aliphatic hydroxyl groups is 5. The highest BCUT2D eigenvalue weighted by molar-refractivity contribution is 5.76. The van der Waals surface area contributed by atoms with Gasteiger partial charge in [0, 0.05) is 6.42 Å². The van der Waals surface area contributed by atoms with E-state index in [4.69, 9.17) is 9.47 Å². The third-order valence-corrected chi connectivity index (χ3v) is 15.0. The van der Waals surface area contributed by atoms with Crippen LogP contribution in [-0.2, 0) is 14.3 Å². The van der Waals surface area contributed by atoms with Crippen molar-refractivity contribution in [3.05, 3.63) is 72.9 Å². The summed E-state index contributed by atoms with van der Waals surface area (Å²) in [6, 6.07) is -0.806. The van der Waals surface area contributed by atoms with E-state index < -0.39 is 49.5 Å². The first-order valence-electron chi connectivity index (χ1n) is 32.2. The van der Waals surface area contributed by atoms with Crippen LogP contribution < -0.4 is 5.32 Å². The molecule has 0 aromatic rings. The Kier molecular flexibility index (Phi) is 52.7. The summed E-state index contributed by atoms with van der Waals surface area (Å²) in [4.78, 5) is 13.1. The summed E-state index contributed by atoms with van der Waals surface area (Å²) in [5.74, 6) is -0.174. The minimum atomic E-state index is -1.57.